The number of amides is 2. The number of aromatic nitrogens is 4. The van der Waals surface area contributed by atoms with Crippen LogP contribution >= 0.6 is 0 Å². The molecule has 0 bridgehead atoms. The third-order valence-corrected chi connectivity index (χ3v) is 3.80. The van der Waals surface area contributed by atoms with Gasteiger partial charge in [-0.05, 0) is 20.3 Å². The number of hydrogen-bond acceptors (Lipinski definition) is 6. The van der Waals surface area contributed by atoms with Gasteiger partial charge in [-0.15, -0.1) is 0 Å². The van der Waals surface area contributed by atoms with Gasteiger partial charge in [0.2, 0.25) is 5.91 Å². The number of carbonyl (C=O) groups excluding carboxylic acids is 2. The summed E-state index contributed by atoms with van der Waals surface area (Å²) in [4.78, 5) is 34.8. The molecular weight excluding hydrogens is 354 g/mol. The summed E-state index contributed by atoms with van der Waals surface area (Å²) in [6.45, 7) is 6.60. The van der Waals surface area contributed by atoms with Gasteiger partial charge in [0.25, 0.3) is 5.91 Å². The molecule has 2 rings (SSSR count). The number of nitrogens with zero attached hydrogens (tertiary/aromatic N) is 5. The highest BCUT2D eigenvalue weighted by Crippen LogP contribution is 2.16. The fraction of sp³-hybridized carbons (Fsp3) is 0.500. The molecule has 146 valence electrons. The second kappa shape index (κ2) is 8.92. The zero-order valence-electron chi connectivity index (χ0n) is 15.6. The van der Waals surface area contributed by atoms with E-state index >= 15 is 0 Å². The maximum absolute atomic E-state index is 12.2. The summed E-state index contributed by atoms with van der Waals surface area (Å²) in [5, 5.41) is 24.5. The van der Waals surface area contributed by atoms with E-state index in [1.165, 1.54) is 17.8 Å². The topological polar surface area (TPSA) is 137 Å². The Hall–Kier alpha value is -3.24. The summed E-state index contributed by atoms with van der Waals surface area (Å²) in [5.74, 6) is -0.691. The minimum absolute atomic E-state index is 0.0472. The summed E-state index contributed by atoms with van der Waals surface area (Å²) in [6.07, 6.45) is 3.73. The van der Waals surface area contributed by atoms with E-state index < -0.39 is 4.92 Å². The van der Waals surface area contributed by atoms with E-state index in [2.05, 4.69) is 20.8 Å². The summed E-state index contributed by atoms with van der Waals surface area (Å²) in [5.41, 5.74) is 0.691. The minimum atomic E-state index is -0.515. The molecule has 2 N–H and O–H groups in total. The van der Waals surface area contributed by atoms with Crippen molar-refractivity contribution < 1.29 is 14.5 Å². The van der Waals surface area contributed by atoms with E-state index in [0.717, 1.165) is 6.42 Å². The van der Waals surface area contributed by atoms with Crippen molar-refractivity contribution in [1.82, 2.24) is 24.9 Å². The number of nitrogens with one attached hydrogen (secondary N) is 2. The van der Waals surface area contributed by atoms with E-state index in [-0.39, 0.29) is 36.2 Å². The zero-order valence-corrected chi connectivity index (χ0v) is 15.6. The van der Waals surface area contributed by atoms with Crippen molar-refractivity contribution in [2.75, 3.05) is 11.9 Å². The van der Waals surface area contributed by atoms with Gasteiger partial charge < -0.3 is 10.6 Å². The first-order valence-electron chi connectivity index (χ1n) is 8.69. The molecule has 2 heterocycles. The molecule has 0 unspecified atom stereocenters. The van der Waals surface area contributed by atoms with Gasteiger partial charge >= 0.3 is 5.69 Å². The van der Waals surface area contributed by atoms with Crippen LogP contribution in [-0.4, -0.2) is 42.8 Å². The van der Waals surface area contributed by atoms with E-state index in [9.17, 15) is 19.7 Å². The minimum Gasteiger partial charge on any atom is -0.351 e. The van der Waals surface area contributed by atoms with Crippen LogP contribution in [0.3, 0.4) is 0 Å². The molecule has 0 fully saturated rings. The Morgan fingerprint density at radius 3 is 2.56 bits per heavy atom. The number of hydrogen-bond donors (Lipinski definition) is 2. The highest BCUT2D eigenvalue weighted by atomic mass is 16.6. The largest absolute Gasteiger partial charge is 0.351 e. The second-order valence-electron chi connectivity index (χ2n) is 5.92. The van der Waals surface area contributed by atoms with Crippen LogP contribution in [0.15, 0.2) is 12.4 Å². The van der Waals surface area contributed by atoms with Crippen molar-refractivity contribution in [1.29, 1.82) is 0 Å². The van der Waals surface area contributed by atoms with Gasteiger partial charge in [0.1, 0.15) is 11.9 Å². The van der Waals surface area contributed by atoms with Gasteiger partial charge in [-0.25, -0.2) is 0 Å². The monoisotopic (exact) mass is 377 g/mol. The lowest BCUT2D eigenvalue weighted by Gasteiger charge is -2.06. The summed E-state index contributed by atoms with van der Waals surface area (Å²) >= 11 is 0. The molecule has 27 heavy (non-hydrogen) atoms. The maximum atomic E-state index is 12.2. The molecule has 0 atom stereocenters. The lowest BCUT2D eigenvalue weighted by molar-refractivity contribution is -0.385. The lowest BCUT2D eigenvalue weighted by Crippen LogP contribution is -2.26. The number of carbonyl (C=O) groups is 2. The summed E-state index contributed by atoms with van der Waals surface area (Å²) in [7, 11) is 0. The molecule has 0 saturated carbocycles. The number of rotatable bonds is 9. The van der Waals surface area contributed by atoms with Crippen molar-refractivity contribution >= 4 is 23.2 Å². The van der Waals surface area contributed by atoms with Gasteiger partial charge in [0, 0.05) is 32.3 Å². The average Bonchev–Trinajstić information content (AvgIpc) is 3.21. The lowest BCUT2D eigenvalue weighted by atomic mass is 10.3. The Morgan fingerprint density at radius 2 is 1.96 bits per heavy atom. The Morgan fingerprint density at radius 1 is 1.22 bits per heavy atom. The maximum Gasteiger partial charge on any atom is 0.309 e. The van der Waals surface area contributed by atoms with Gasteiger partial charge in [0.15, 0.2) is 5.69 Å². The van der Waals surface area contributed by atoms with Crippen LogP contribution in [0, 0.1) is 17.0 Å². The molecular formula is C16H23N7O4. The first-order valence-corrected chi connectivity index (χ1v) is 8.69. The molecule has 0 aromatic carbocycles. The first kappa shape index (κ1) is 20.1. The van der Waals surface area contributed by atoms with E-state index in [0.29, 0.717) is 24.5 Å². The Kier molecular flexibility index (Phi) is 6.63. The van der Waals surface area contributed by atoms with Gasteiger partial charge in [-0.1, -0.05) is 6.92 Å². The fourth-order valence-electron chi connectivity index (χ4n) is 2.39. The zero-order chi connectivity index (χ0) is 20.0. The number of anilines is 1. The molecule has 0 aliphatic carbocycles. The first-order chi connectivity index (χ1) is 12.8. The van der Waals surface area contributed by atoms with Crippen LogP contribution in [0.5, 0.6) is 0 Å². The van der Waals surface area contributed by atoms with Crippen LogP contribution in [0.1, 0.15) is 42.9 Å². The van der Waals surface area contributed by atoms with Crippen molar-refractivity contribution in [3.63, 3.8) is 0 Å². The highest BCUT2D eigenvalue weighted by Gasteiger charge is 2.19. The van der Waals surface area contributed by atoms with Crippen LogP contribution in [0.4, 0.5) is 11.4 Å². The van der Waals surface area contributed by atoms with Gasteiger partial charge in [0.05, 0.1) is 10.6 Å². The van der Waals surface area contributed by atoms with Crippen LogP contribution in [-0.2, 0) is 17.9 Å². The molecule has 2 aromatic rings. The molecule has 0 spiro atoms. The number of aryl methyl sites for hydroxylation is 3. The van der Waals surface area contributed by atoms with Crippen molar-refractivity contribution in [3.05, 3.63) is 33.9 Å². The standard InChI is InChI=1S/C16H23N7O4/c1-4-7-17-16(25)15-12(9-21(5-2)20-15)18-14(24)6-8-22-10-13(23(26)27)11(3)19-22/h9-10H,4-8H2,1-3H3,(H,17,25)(H,18,24). The second-order valence-corrected chi connectivity index (χ2v) is 5.92. The molecule has 0 aliphatic rings. The molecule has 2 aromatic heterocycles. The highest BCUT2D eigenvalue weighted by molar-refractivity contribution is 6.02. The van der Waals surface area contributed by atoms with Gasteiger partial charge in [-0.3, -0.25) is 29.1 Å². The molecule has 0 saturated heterocycles. The van der Waals surface area contributed by atoms with E-state index in [1.54, 1.807) is 10.9 Å². The summed E-state index contributed by atoms with van der Waals surface area (Å²) < 4.78 is 2.92. The molecule has 0 radical (unpaired) electrons. The Balaban J connectivity index is 2.02. The SMILES string of the molecule is CCCNC(=O)c1nn(CC)cc1NC(=O)CCn1cc([N+](=O)[O-])c(C)n1. The van der Waals surface area contributed by atoms with Crippen LogP contribution in [0.2, 0.25) is 0 Å². The van der Waals surface area contributed by atoms with E-state index in [1.807, 2.05) is 13.8 Å². The smallest absolute Gasteiger partial charge is 0.309 e. The van der Waals surface area contributed by atoms with Crippen LogP contribution < -0.4 is 10.6 Å². The van der Waals surface area contributed by atoms with Gasteiger partial charge in [-0.2, -0.15) is 10.2 Å². The third-order valence-electron chi connectivity index (χ3n) is 3.80. The number of nitro groups is 1. The molecule has 11 nitrogen and oxygen atoms in total. The quantitative estimate of drug-likeness (QED) is 0.502. The van der Waals surface area contributed by atoms with Crippen molar-refractivity contribution in [3.8, 4) is 0 Å². The summed E-state index contributed by atoms with van der Waals surface area (Å²) in [6, 6.07) is 0. The molecule has 11 heteroatoms. The predicted molar refractivity (Wildman–Crippen MR) is 97.4 cm³/mol. The van der Waals surface area contributed by atoms with E-state index in [4.69, 9.17) is 0 Å². The third kappa shape index (κ3) is 5.12. The molecule has 2 amide bonds. The van der Waals surface area contributed by atoms with Crippen molar-refractivity contribution in [2.24, 2.45) is 0 Å². The normalized spacial score (nSPS) is 10.6. The Bertz CT molecular complexity index is 840. The average molecular weight is 377 g/mol. The predicted octanol–water partition coefficient (Wildman–Crippen LogP) is 1.48. The van der Waals surface area contributed by atoms with Crippen molar-refractivity contribution in [2.45, 2.75) is 46.7 Å². The molecule has 0 aliphatic heterocycles. The Labute approximate surface area is 155 Å². The fourth-order valence-corrected chi connectivity index (χ4v) is 2.39. The van der Waals surface area contributed by atoms with Crippen LogP contribution in [0.25, 0.3) is 0 Å².